The minimum absolute atomic E-state index is 0.0143. The van der Waals surface area contributed by atoms with Gasteiger partial charge in [-0.15, -0.1) is 0 Å². The largest absolute Gasteiger partial charge is 0.351 e. The molecule has 0 atom stereocenters. The summed E-state index contributed by atoms with van der Waals surface area (Å²) >= 11 is 0. The molecule has 0 saturated heterocycles. The summed E-state index contributed by atoms with van der Waals surface area (Å²) in [4.78, 5) is 11.7. The van der Waals surface area contributed by atoms with Gasteiger partial charge in [-0.05, 0) is 31.9 Å². The second-order valence-corrected chi connectivity index (χ2v) is 4.70. The Bertz CT molecular complexity index is 368. The van der Waals surface area contributed by atoms with Gasteiger partial charge in [0.25, 0.3) is 5.91 Å². The Morgan fingerprint density at radius 1 is 1.24 bits per heavy atom. The molecule has 0 spiro atoms. The number of aryl methyl sites for hydroxylation is 1. The number of carbonyl (C=O) groups is 1. The molecule has 1 aromatic rings. The van der Waals surface area contributed by atoms with Gasteiger partial charge in [0.1, 0.15) is 0 Å². The fourth-order valence-corrected chi connectivity index (χ4v) is 1.87. The molecular weight excluding hydrogens is 212 g/mol. The monoisotopic (exact) mass is 232 g/mol. The zero-order valence-corrected chi connectivity index (χ0v) is 10.3. The lowest BCUT2D eigenvalue weighted by molar-refractivity contribution is 0.0953. The summed E-state index contributed by atoms with van der Waals surface area (Å²) in [7, 11) is 0. The molecule has 2 rings (SSSR count). The molecule has 17 heavy (non-hydrogen) atoms. The highest BCUT2D eigenvalue weighted by molar-refractivity contribution is 5.94. The van der Waals surface area contributed by atoms with Crippen LogP contribution in [0.25, 0.3) is 0 Å². The number of amides is 1. The van der Waals surface area contributed by atoms with Crippen molar-refractivity contribution in [1.82, 2.24) is 10.6 Å². The summed E-state index contributed by atoms with van der Waals surface area (Å²) in [5, 5.41) is 6.34. The lowest BCUT2D eigenvalue weighted by atomic mass is 9.93. The predicted molar refractivity (Wildman–Crippen MR) is 69.2 cm³/mol. The van der Waals surface area contributed by atoms with E-state index >= 15 is 0 Å². The second kappa shape index (κ2) is 5.82. The average molecular weight is 232 g/mol. The van der Waals surface area contributed by atoms with E-state index < -0.39 is 0 Å². The molecule has 1 aliphatic carbocycles. The van der Waals surface area contributed by atoms with E-state index in [1.807, 2.05) is 31.2 Å². The zero-order chi connectivity index (χ0) is 12.1. The SMILES string of the molecule is Cc1ccc(C(=O)NCCNC2CCC2)cc1. The first-order chi connectivity index (χ1) is 8.25. The molecule has 1 saturated carbocycles. The van der Waals surface area contributed by atoms with Crippen molar-refractivity contribution in [2.45, 2.75) is 32.2 Å². The van der Waals surface area contributed by atoms with Crippen LogP contribution in [0.5, 0.6) is 0 Å². The molecule has 2 N–H and O–H groups in total. The number of carbonyl (C=O) groups excluding carboxylic acids is 1. The third-order valence-corrected chi connectivity index (χ3v) is 3.26. The quantitative estimate of drug-likeness (QED) is 0.761. The van der Waals surface area contributed by atoms with E-state index in [4.69, 9.17) is 0 Å². The van der Waals surface area contributed by atoms with E-state index in [2.05, 4.69) is 10.6 Å². The molecule has 1 aromatic carbocycles. The Morgan fingerprint density at radius 3 is 2.53 bits per heavy atom. The highest BCUT2D eigenvalue weighted by Crippen LogP contribution is 2.17. The normalized spacial score (nSPS) is 15.4. The molecule has 1 fully saturated rings. The van der Waals surface area contributed by atoms with Crippen LogP contribution in [0.1, 0.15) is 35.2 Å². The Kier molecular flexibility index (Phi) is 4.15. The lowest BCUT2D eigenvalue weighted by Crippen LogP contribution is -2.40. The Morgan fingerprint density at radius 2 is 1.94 bits per heavy atom. The van der Waals surface area contributed by atoms with Crippen molar-refractivity contribution in [3.8, 4) is 0 Å². The molecule has 0 aromatic heterocycles. The van der Waals surface area contributed by atoms with Crippen LogP contribution >= 0.6 is 0 Å². The van der Waals surface area contributed by atoms with Gasteiger partial charge in [-0.1, -0.05) is 24.1 Å². The number of hydrogen-bond acceptors (Lipinski definition) is 2. The number of rotatable bonds is 5. The number of hydrogen-bond donors (Lipinski definition) is 2. The van der Waals surface area contributed by atoms with Gasteiger partial charge in [0.05, 0.1) is 0 Å². The summed E-state index contributed by atoms with van der Waals surface area (Å²) < 4.78 is 0. The molecule has 0 radical (unpaired) electrons. The molecule has 0 unspecified atom stereocenters. The highest BCUT2D eigenvalue weighted by Gasteiger charge is 2.15. The topological polar surface area (TPSA) is 41.1 Å². The van der Waals surface area contributed by atoms with Gasteiger partial charge < -0.3 is 10.6 Å². The van der Waals surface area contributed by atoms with Crippen molar-refractivity contribution in [2.75, 3.05) is 13.1 Å². The molecule has 0 bridgehead atoms. The van der Waals surface area contributed by atoms with Gasteiger partial charge in [-0.3, -0.25) is 4.79 Å². The third-order valence-electron chi connectivity index (χ3n) is 3.26. The van der Waals surface area contributed by atoms with E-state index in [0.29, 0.717) is 12.6 Å². The van der Waals surface area contributed by atoms with Crippen LogP contribution in [-0.4, -0.2) is 25.0 Å². The minimum Gasteiger partial charge on any atom is -0.351 e. The first kappa shape index (κ1) is 12.1. The molecule has 0 aliphatic heterocycles. The molecule has 92 valence electrons. The summed E-state index contributed by atoms with van der Waals surface area (Å²) in [5.41, 5.74) is 1.91. The molecular formula is C14H20N2O. The van der Waals surface area contributed by atoms with E-state index in [9.17, 15) is 4.79 Å². The standard InChI is InChI=1S/C14H20N2O/c1-11-5-7-12(8-6-11)14(17)16-10-9-15-13-3-2-4-13/h5-8,13,15H,2-4,9-10H2,1H3,(H,16,17). The molecule has 3 heteroatoms. The van der Waals surface area contributed by atoms with Crippen LogP contribution in [0.2, 0.25) is 0 Å². The van der Waals surface area contributed by atoms with Crippen molar-refractivity contribution in [3.05, 3.63) is 35.4 Å². The summed E-state index contributed by atoms with van der Waals surface area (Å²) in [5.74, 6) is 0.0143. The molecule has 1 aliphatic rings. The maximum Gasteiger partial charge on any atom is 0.251 e. The van der Waals surface area contributed by atoms with Crippen molar-refractivity contribution >= 4 is 5.91 Å². The summed E-state index contributed by atoms with van der Waals surface area (Å²) in [6.45, 7) is 3.58. The van der Waals surface area contributed by atoms with Crippen molar-refractivity contribution < 1.29 is 4.79 Å². The van der Waals surface area contributed by atoms with Crippen LogP contribution in [0.15, 0.2) is 24.3 Å². The first-order valence-electron chi connectivity index (χ1n) is 6.34. The smallest absolute Gasteiger partial charge is 0.251 e. The van der Waals surface area contributed by atoms with Crippen LogP contribution < -0.4 is 10.6 Å². The Hall–Kier alpha value is -1.35. The van der Waals surface area contributed by atoms with Gasteiger partial charge in [0.15, 0.2) is 0 Å². The molecule has 1 amide bonds. The number of benzene rings is 1. The third kappa shape index (κ3) is 3.56. The predicted octanol–water partition coefficient (Wildman–Crippen LogP) is 1.87. The zero-order valence-electron chi connectivity index (χ0n) is 10.3. The van der Waals surface area contributed by atoms with Crippen molar-refractivity contribution in [3.63, 3.8) is 0 Å². The fraction of sp³-hybridized carbons (Fsp3) is 0.500. The van der Waals surface area contributed by atoms with E-state index in [-0.39, 0.29) is 5.91 Å². The van der Waals surface area contributed by atoms with Gasteiger partial charge >= 0.3 is 0 Å². The fourth-order valence-electron chi connectivity index (χ4n) is 1.87. The van der Waals surface area contributed by atoms with Gasteiger partial charge in [-0.25, -0.2) is 0 Å². The maximum absolute atomic E-state index is 11.7. The van der Waals surface area contributed by atoms with E-state index in [0.717, 1.165) is 12.1 Å². The average Bonchev–Trinajstić information content (AvgIpc) is 2.27. The van der Waals surface area contributed by atoms with Crippen LogP contribution in [0, 0.1) is 6.92 Å². The minimum atomic E-state index is 0.0143. The molecule has 3 nitrogen and oxygen atoms in total. The van der Waals surface area contributed by atoms with Crippen LogP contribution in [-0.2, 0) is 0 Å². The maximum atomic E-state index is 11.7. The van der Waals surface area contributed by atoms with Gasteiger partial charge in [0, 0.05) is 24.7 Å². The van der Waals surface area contributed by atoms with E-state index in [1.165, 1.54) is 24.8 Å². The van der Waals surface area contributed by atoms with Crippen molar-refractivity contribution in [1.29, 1.82) is 0 Å². The second-order valence-electron chi connectivity index (χ2n) is 4.70. The first-order valence-corrected chi connectivity index (χ1v) is 6.34. The summed E-state index contributed by atoms with van der Waals surface area (Å²) in [6.07, 6.45) is 3.91. The van der Waals surface area contributed by atoms with E-state index in [1.54, 1.807) is 0 Å². The lowest BCUT2D eigenvalue weighted by Gasteiger charge is -2.26. The van der Waals surface area contributed by atoms with Gasteiger partial charge in [0.2, 0.25) is 0 Å². The Labute approximate surface area is 103 Å². The Balaban J connectivity index is 1.67. The summed E-state index contributed by atoms with van der Waals surface area (Å²) in [6, 6.07) is 8.34. The highest BCUT2D eigenvalue weighted by atomic mass is 16.1. The van der Waals surface area contributed by atoms with Gasteiger partial charge in [-0.2, -0.15) is 0 Å². The van der Waals surface area contributed by atoms with Crippen molar-refractivity contribution in [2.24, 2.45) is 0 Å². The number of nitrogens with one attached hydrogen (secondary N) is 2. The molecule has 0 heterocycles. The van der Waals surface area contributed by atoms with Crippen LogP contribution in [0.3, 0.4) is 0 Å². The van der Waals surface area contributed by atoms with Crippen LogP contribution in [0.4, 0.5) is 0 Å².